The topological polar surface area (TPSA) is 98.9 Å². The largest absolute Gasteiger partial charge is 0.462 e. The van der Waals surface area contributed by atoms with Gasteiger partial charge in [-0.1, -0.05) is 51.5 Å². The minimum Gasteiger partial charge on any atom is -0.462 e. The third-order valence-corrected chi connectivity index (χ3v) is 6.50. The standard InChI is InChI=1S/C26H30N2O5/c1-5-7-13-32-23(30)21-22(27)28(12-6-2)17-11-9-8-10-16(17)26(21)20-18(29)14-25(3,4)15-19(20)33-24(26)31/h6,8-11H,2,5,7,12-15,27H2,1,3-4H3/t26-/m0/s1. The molecular formula is C26H30N2O5. The van der Waals surface area contributed by atoms with E-state index in [1.807, 2.05) is 32.9 Å². The van der Waals surface area contributed by atoms with Gasteiger partial charge in [-0.25, -0.2) is 9.59 Å². The first-order valence-corrected chi connectivity index (χ1v) is 11.3. The average Bonchev–Trinajstić information content (AvgIpc) is 3.02. The molecule has 1 atom stereocenters. The number of nitrogens with zero attached hydrogens (tertiary/aromatic N) is 1. The molecule has 174 valence electrons. The summed E-state index contributed by atoms with van der Waals surface area (Å²) in [6, 6.07) is 7.16. The lowest BCUT2D eigenvalue weighted by Crippen LogP contribution is -2.51. The Morgan fingerprint density at radius 3 is 2.70 bits per heavy atom. The number of rotatable bonds is 6. The van der Waals surface area contributed by atoms with Gasteiger partial charge in [0.15, 0.2) is 11.2 Å². The Morgan fingerprint density at radius 1 is 1.27 bits per heavy atom. The van der Waals surface area contributed by atoms with Crippen LogP contribution in [-0.2, 0) is 29.3 Å². The molecule has 0 radical (unpaired) electrons. The summed E-state index contributed by atoms with van der Waals surface area (Å²) < 4.78 is 11.3. The van der Waals surface area contributed by atoms with E-state index in [1.54, 1.807) is 23.1 Å². The Hall–Kier alpha value is -3.35. The van der Waals surface area contributed by atoms with Gasteiger partial charge in [0.1, 0.15) is 17.2 Å². The van der Waals surface area contributed by atoms with Gasteiger partial charge in [-0.15, -0.1) is 6.58 Å². The van der Waals surface area contributed by atoms with Crippen LogP contribution in [0.3, 0.4) is 0 Å². The molecular weight excluding hydrogens is 420 g/mol. The molecule has 1 spiro atoms. The molecule has 0 bridgehead atoms. The van der Waals surface area contributed by atoms with E-state index in [0.29, 0.717) is 36.4 Å². The van der Waals surface area contributed by atoms with Crippen molar-refractivity contribution < 1.29 is 23.9 Å². The molecule has 4 rings (SSSR count). The van der Waals surface area contributed by atoms with Crippen LogP contribution < -0.4 is 10.6 Å². The summed E-state index contributed by atoms with van der Waals surface area (Å²) in [6.07, 6.45) is 3.82. The lowest BCUT2D eigenvalue weighted by molar-refractivity contribution is -0.146. The van der Waals surface area contributed by atoms with Gasteiger partial charge in [-0.3, -0.25) is 4.79 Å². The summed E-state index contributed by atoms with van der Waals surface area (Å²) >= 11 is 0. The van der Waals surface area contributed by atoms with E-state index in [2.05, 4.69) is 6.58 Å². The van der Waals surface area contributed by atoms with Crippen LogP contribution >= 0.6 is 0 Å². The number of benzene rings is 1. The molecule has 3 aliphatic rings. The van der Waals surface area contributed by atoms with Gasteiger partial charge in [0.25, 0.3) is 0 Å². The maximum Gasteiger partial charge on any atom is 0.339 e. The van der Waals surface area contributed by atoms with Gasteiger partial charge < -0.3 is 20.1 Å². The summed E-state index contributed by atoms with van der Waals surface area (Å²) in [5.74, 6) is -1.23. The molecule has 0 amide bonds. The van der Waals surface area contributed by atoms with E-state index >= 15 is 0 Å². The Kier molecular flexibility index (Phi) is 5.68. The summed E-state index contributed by atoms with van der Waals surface area (Å²) in [6.45, 7) is 10.2. The van der Waals surface area contributed by atoms with Crippen LogP contribution in [0.25, 0.3) is 0 Å². The van der Waals surface area contributed by atoms with Gasteiger partial charge in [0.2, 0.25) is 0 Å². The number of allylic oxidation sites excluding steroid dienone is 1. The van der Waals surface area contributed by atoms with E-state index in [4.69, 9.17) is 15.2 Å². The van der Waals surface area contributed by atoms with Crippen LogP contribution in [0, 0.1) is 5.41 Å². The lowest BCUT2D eigenvalue weighted by Gasteiger charge is -2.42. The predicted molar refractivity (Wildman–Crippen MR) is 124 cm³/mol. The molecule has 0 saturated heterocycles. The Balaban J connectivity index is 2.02. The van der Waals surface area contributed by atoms with Crippen molar-refractivity contribution in [2.45, 2.75) is 51.9 Å². The van der Waals surface area contributed by atoms with Crippen molar-refractivity contribution in [2.24, 2.45) is 11.1 Å². The summed E-state index contributed by atoms with van der Waals surface area (Å²) in [4.78, 5) is 42.5. The zero-order valence-electron chi connectivity index (χ0n) is 19.4. The van der Waals surface area contributed by atoms with E-state index in [0.717, 1.165) is 6.42 Å². The first-order valence-electron chi connectivity index (χ1n) is 11.3. The highest BCUT2D eigenvalue weighted by atomic mass is 16.5. The monoisotopic (exact) mass is 450 g/mol. The third kappa shape index (κ3) is 3.37. The number of nitrogens with two attached hydrogens (primary N) is 1. The Labute approximate surface area is 193 Å². The van der Waals surface area contributed by atoms with Gasteiger partial charge in [-0.05, 0) is 17.9 Å². The predicted octanol–water partition coefficient (Wildman–Crippen LogP) is 3.64. The minimum absolute atomic E-state index is 0.0535. The van der Waals surface area contributed by atoms with E-state index < -0.39 is 17.4 Å². The summed E-state index contributed by atoms with van der Waals surface area (Å²) in [5.41, 5.74) is 5.75. The van der Waals surface area contributed by atoms with Crippen LogP contribution in [0.15, 0.2) is 59.6 Å². The number of fused-ring (bicyclic) bond motifs is 3. The molecule has 2 N–H and O–H groups in total. The summed E-state index contributed by atoms with van der Waals surface area (Å²) in [5, 5.41) is 0. The second-order valence-corrected chi connectivity index (χ2v) is 9.54. The Morgan fingerprint density at radius 2 is 2.00 bits per heavy atom. The number of hydrogen-bond acceptors (Lipinski definition) is 7. The van der Waals surface area contributed by atoms with Crippen LogP contribution in [0.2, 0.25) is 0 Å². The number of para-hydroxylation sites is 1. The second-order valence-electron chi connectivity index (χ2n) is 9.54. The van der Waals surface area contributed by atoms with Crippen molar-refractivity contribution in [3.05, 3.63) is 65.2 Å². The van der Waals surface area contributed by atoms with Crippen molar-refractivity contribution in [1.82, 2.24) is 0 Å². The van der Waals surface area contributed by atoms with Gasteiger partial charge in [0.05, 0.1) is 12.2 Å². The molecule has 0 unspecified atom stereocenters. The highest BCUT2D eigenvalue weighted by molar-refractivity contribution is 6.18. The third-order valence-electron chi connectivity index (χ3n) is 6.50. The number of hydrogen-bond donors (Lipinski definition) is 1. The van der Waals surface area contributed by atoms with Crippen LogP contribution in [0.1, 0.15) is 52.0 Å². The first kappa shape index (κ1) is 22.8. The second kappa shape index (κ2) is 8.21. The molecule has 1 aliphatic carbocycles. The first-order chi connectivity index (χ1) is 15.7. The molecule has 2 heterocycles. The number of carbonyl (C=O) groups is 3. The minimum atomic E-state index is -1.75. The SMILES string of the molecule is C=CCN1C(N)=C(C(=O)OCCCC)[C@]2(C(=O)OC3=C2C(=O)CC(C)(C)C3)c2ccccc21. The number of anilines is 1. The molecule has 0 aromatic heterocycles. The van der Waals surface area contributed by atoms with E-state index in [9.17, 15) is 14.4 Å². The highest BCUT2D eigenvalue weighted by Crippen LogP contribution is 2.57. The van der Waals surface area contributed by atoms with Crippen molar-refractivity contribution in [3.8, 4) is 0 Å². The lowest BCUT2D eigenvalue weighted by atomic mass is 9.62. The number of esters is 2. The molecule has 7 heteroatoms. The number of carbonyl (C=O) groups excluding carboxylic acids is 3. The van der Waals surface area contributed by atoms with Crippen molar-refractivity contribution in [1.29, 1.82) is 0 Å². The van der Waals surface area contributed by atoms with Gasteiger partial charge in [0, 0.05) is 30.6 Å². The van der Waals surface area contributed by atoms with Crippen molar-refractivity contribution in [2.75, 3.05) is 18.1 Å². The molecule has 0 saturated carbocycles. The molecule has 7 nitrogen and oxygen atoms in total. The fourth-order valence-corrected chi connectivity index (χ4v) is 5.11. The molecule has 2 aliphatic heterocycles. The van der Waals surface area contributed by atoms with Gasteiger partial charge in [-0.2, -0.15) is 0 Å². The molecule has 0 fully saturated rings. The zero-order chi connectivity index (χ0) is 24.0. The molecule has 1 aromatic rings. The molecule has 1 aromatic carbocycles. The van der Waals surface area contributed by atoms with E-state index in [1.165, 1.54) is 0 Å². The number of ketones is 1. The number of ether oxygens (including phenoxy) is 2. The Bertz CT molecular complexity index is 1110. The number of unbranched alkanes of at least 4 members (excludes halogenated alkanes) is 1. The summed E-state index contributed by atoms with van der Waals surface area (Å²) in [7, 11) is 0. The van der Waals surface area contributed by atoms with Gasteiger partial charge >= 0.3 is 11.9 Å². The van der Waals surface area contributed by atoms with Crippen LogP contribution in [0.5, 0.6) is 0 Å². The average molecular weight is 451 g/mol. The quantitative estimate of drug-likeness (QED) is 0.401. The highest BCUT2D eigenvalue weighted by Gasteiger charge is 2.64. The van der Waals surface area contributed by atoms with Crippen molar-refractivity contribution in [3.63, 3.8) is 0 Å². The normalized spacial score (nSPS) is 23.4. The van der Waals surface area contributed by atoms with Crippen molar-refractivity contribution >= 4 is 23.4 Å². The van der Waals surface area contributed by atoms with Crippen LogP contribution in [0.4, 0.5) is 5.69 Å². The smallest absolute Gasteiger partial charge is 0.339 e. The fraction of sp³-hybridized carbons (Fsp3) is 0.423. The fourth-order valence-electron chi connectivity index (χ4n) is 5.11. The zero-order valence-corrected chi connectivity index (χ0v) is 19.4. The maximum absolute atomic E-state index is 13.7. The maximum atomic E-state index is 13.7. The van der Waals surface area contributed by atoms with Crippen LogP contribution in [-0.4, -0.2) is 30.9 Å². The number of Topliss-reactive ketones (excluding diaryl/α,β-unsaturated/α-hetero) is 1. The van der Waals surface area contributed by atoms with E-state index in [-0.39, 0.29) is 41.2 Å². The molecule has 33 heavy (non-hydrogen) atoms.